The Morgan fingerprint density at radius 2 is 2.12 bits per heavy atom. The summed E-state index contributed by atoms with van der Waals surface area (Å²) >= 11 is 0. The summed E-state index contributed by atoms with van der Waals surface area (Å²) in [5.41, 5.74) is 0.764. The van der Waals surface area contributed by atoms with Crippen molar-refractivity contribution in [1.29, 1.82) is 0 Å². The molecule has 6 heteroatoms. The van der Waals surface area contributed by atoms with Crippen LogP contribution in [-0.2, 0) is 9.84 Å². The van der Waals surface area contributed by atoms with Gasteiger partial charge < -0.3 is 10.1 Å². The normalized spacial score (nSPS) is 17.1. The maximum atomic E-state index is 11.6. The van der Waals surface area contributed by atoms with Crippen molar-refractivity contribution >= 4 is 9.84 Å². The summed E-state index contributed by atoms with van der Waals surface area (Å²) < 4.78 is 28.9. The van der Waals surface area contributed by atoms with Gasteiger partial charge in [-0.1, -0.05) is 17.9 Å². The molecule has 1 aliphatic heterocycles. The summed E-state index contributed by atoms with van der Waals surface area (Å²) in [5.74, 6) is 7.25. The molecule has 0 bridgehead atoms. The average molecular weight is 342 g/mol. The Bertz CT molecular complexity index is 892. The molecule has 124 valence electrons. The second-order valence-electron chi connectivity index (χ2n) is 5.68. The number of nitrogens with one attached hydrogen (secondary N) is 1. The molecule has 2 aromatic rings. The number of pyridine rings is 1. The number of aromatic nitrogens is 1. The maximum Gasteiger partial charge on any atom is 0.175 e. The minimum Gasteiger partial charge on any atom is -0.456 e. The van der Waals surface area contributed by atoms with Crippen molar-refractivity contribution in [2.75, 3.05) is 12.8 Å². The molecule has 1 N–H and O–H groups in total. The first-order chi connectivity index (χ1) is 11.5. The van der Waals surface area contributed by atoms with E-state index in [1.54, 1.807) is 30.6 Å². The van der Waals surface area contributed by atoms with Crippen LogP contribution in [0.3, 0.4) is 0 Å². The standard InChI is InChI=1S/C18H18N2O3S/c1-24(21,22)18-6-2-5-16(11-18)23-17-10-14(12-19-13-17)7-8-15-4-3-9-20-15/h2,5-6,10-13,15,20H,3-4,9H2,1H3. The first-order valence-corrected chi connectivity index (χ1v) is 9.58. The number of sulfone groups is 1. The monoisotopic (exact) mass is 342 g/mol. The molecule has 1 fully saturated rings. The molecular formula is C18H18N2O3S. The fraction of sp³-hybridized carbons (Fsp3) is 0.278. The van der Waals surface area contributed by atoms with Crippen molar-refractivity contribution in [1.82, 2.24) is 10.3 Å². The van der Waals surface area contributed by atoms with Crippen molar-refractivity contribution in [3.63, 3.8) is 0 Å². The van der Waals surface area contributed by atoms with Gasteiger partial charge in [0.05, 0.1) is 17.1 Å². The summed E-state index contributed by atoms with van der Waals surface area (Å²) in [5, 5.41) is 3.32. The van der Waals surface area contributed by atoms with E-state index in [1.165, 1.54) is 18.4 Å². The number of nitrogens with zero attached hydrogens (tertiary/aromatic N) is 1. The molecule has 1 aromatic heterocycles. The smallest absolute Gasteiger partial charge is 0.175 e. The molecule has 0 saturated carbocycles. The molecule has 24 heavy (non-hydrogen) atoms. The lowest BCUT2D eigenvalue weighted by atomic mass is 10.2. The van der Waals surface area contributed by atoms with E-state index in [2.05, 4.69) is 22.1 Å². The van der Waals surface area contributed by atoms with Gasteiger partial charge in [-0.2, -0.15) is 0 Å². The van der Waals surface area contributed by atoms with Crippen molar-refractivity contribution in [3.05, 3.63) is 48.3 Å². The predicted molar refractivity (Wildman–Crippen MR) is 91.8 cm³/mol. The van der Waals surface area contributed by atoms with Gasteiger partial charge in [0.15, 0.2) is 9.84 Å². The Morgan fingerprint density at radius 1 is 1.25 bits per heavy atom. The van der Waals surface area contributed by atoms with Crippen LogP contribution in [-0.4, -0.2) is 32.2 Å². The molecule has 0 radical (unpaired) electrons. The molecule has 3 rings (SSSR count). The van der Waals surface area contributed by atoms with Crippen LogP contribution in [0.2, 0.25) is 0 Å². The largest absolute Gasteiger partial charge is 0.456 e. The lowest BCUT2D eigenvalue weighted by Gasteiger charge is -2.07. The highest BCUT2D eigenvalue weighted by Crippen LogP contribution is 2.24. The van der Waals surface area contributed by atoms with Crippen LogP contribution >= 0.6 is 0 Å². The van der Waals surface area contributed by atoms with Crippen LogP contribution in [0.1, 0.15) is 18.4 Å². The highest BCUT2D eigenvalue weighted by molar-refractivity contribution is 7.90. The minimum atomic E-state index is -3.27. The summed E-state index contributed by atoms with van der Waals surface area (Å²) in [7, 11) is -3.27. The summed E-state index contributed by atoms with van der Waals surface area (Å²) in [4.78, 5) is 4.35. The van der Waals surface area contributed by atoms with Gasteiger partial charge in [-0.3, -0.25) is 4.98 Å². The van der Waals surface area contributed by atoms with Gasteiger partial charge >= 0.3 is 0 Å². The van der Waals surface area contributed by atoms with Crippen molar-refractivity contribution in [3.8, 4) is 23.3 Å². The van der Waals surface area contributed by atoms with E-state index >= 15 is 0 Å². The highest BCUT2D eigenvalue weighted by atomic mass is 32.2. The SMILES string of the molecule is CS(=O)(=O)c1cccc(Oc2cncc(C#CC3CCCN3)c2)c1. The van der Waals surface area contributed by atoms with Gasteiger partial charge in [0.25, 0.3) is 0 Å². The second kappa shape index (κ2) is 7.04. The molecule has 0 amide bonds. The molecule has 2 heterocycles. The number of hydrogen-bond donors (Lipinski definition) is 1. The Morgan fingerprint density at radius 3 is 2.88 bits per heavy atom. The second-order valence-corrected chi connectivity index (χ2v) is 7.69. The van der Waals surface area contributed by atoms with Crippen molar-refractivity contribution < 1.29 is 13.2 Å². The third-order valence-corrected chi connectivity index (χ3v) is 4.74. The molecule has 1 unspecified atom stereocenters. The summed E-state index contributed by atoms with van der Waals surface area (Å²) in [6, 6.07) is 8.42. The Labute approximate surface area is 142 Å². The quantitative estimate of drug-likeness (QED) is 0.868. The van der Waals surface area contributed by atoms with E-state index in [0.29, 0.717) is 11.5 Å². The predicted octanol–water partition coefficient (Wildman–Crippen LogP) is 2.38. The number of ether oxygens (including phenoxy) is 1. The van der Waals surface area contributed by atoms with Crippen molar-refractivity contribution in [2.45, 2.75) is 23.8 Å². The minimum absolute atomic E-state index is 0.219. The Hall–Kier alpha value is -2.36. The van der Waals surface area contributed by atoms with Gasteiger partial charge in [-0.15, -0.1) is 0 Å². The van der Waals surface area contributed by atoms with Crippen LogP contribution in [0, 0.1) is 11.8 Å². The maximum absolute atomic E-state index is 11.6. The first kappa shape index (κ1) is 16.5. The zero-order chi connectivity index (χ0) is 17.0. The number of benzene rings is 1. The van der Waals surface area contributed by atoms with Crippen molar-refractivity contribution in [2.24, 2.45) is 0 Å². The third kappa shape index (κ3) is 4.34. The zero-order valence-electron chi connectivity index (χ0n) is 13.3. The van der Waals surface area contributed by atoms with Crippen LogP contribution in [0.25, 0.3) is 0 Å². The van der Waals surface area contributed by atoms with E-state index in [0.717, 1.165) is 24.9 Å². The van der Waals surface area contributed by atoms with E-state index in [4.69, 9.17) is 4.74 Å². The first-order valence-electron chi connectivity index (χ1n) is 7.69. The lowest BCUT2D eigenvalue weighted by Crippen LogP contribution is -2.18. The molecule has 0 aliphatic carbocycles. The van der Waals surface area contributed by atoms with E-state index < -0.39 is 9.84 Å². The van der Waals surface area contributed by atoms with Crippen LogP contribution in [0.15, 0.2) is 47.6 Å². The zero-order valence-corrected chi connectivity index (χ0v) is 14.1. The summed E-state index contributed by atoms with van der Waals surface area (Å²) in [6.45, 7) is 1.01. The molecule has 5 nitrogen and oxygen atoms in total. The fourth-order valence-corrected chi connectivity index (χ4v) is 3.08. The van der Waals surface area contributed by atoms with E-state index in [-0.39, 0.29) is 10.9 Å². The highest BCUT2D eigenvalue weighted by Gasteiger charge is 2.10. The van der Waals surface area contributed by atoms with Crippen LogP contribution in [0.5, 0.6) is 11.5 Å². The Kier molecular flexibility index (Phi) is 4.84. The topological polar surface area (TPSA) is 68.3 Å². The molecule has 1 aliphatic rings. The molecule has 1 aromatic carbocycles. The average Bonchev–Trinajstić information content (AvgIpc) is 3.06. The van der Waals surface area contributed by atoms with Gasteiger partial charge in [0.1, 0.15) is 11.5 Å². The van der Waals surface area contributed by atoms with Crippen LogP contribution < -0.4 is 10.1 Å². The lowest BCUT2D eigenvalue weighted by molar-refractivity contribution is 0.478. The molecule has 1 atom stereocenters. The van der Waals surface area contributed by atoms with Gasteiger partial charge in [0, 0.05) is 18.0 Å². The van der Waals surface area contributed by atoms with E-state index in [9.17, 15) is 8.42 Å². The van der Waals surface area contributed by atoms with Gasteiger partial charge in [-0.05, 0) is 43.7 Å². The number of rotatable bonds is 3. The molecule has 0 spiro atoms. The third-order valence-electron chi connectivity index (χ3n) is 3.63. The summed E-state index contributed by atoms with van der Waals surface area (Å²) in [6.07, 6.45) is 6.64. The molecule has 1 saturated heterocycles. The Balaban J connectivity index is 1.77. The van der Waals surface area contributed by atoms with Gasteiger partial charge in [-0.25, -0.2) is 8.42 Å². The fourth-order valence-electron chi connectivity index (χ4n) is 2.43. The van der Waals surface area contributed by atoms with E-state index in [1.807, 2.05) is 0 Å². The number of hydrogen-bond acceptors (Lipinski definition) is 5. The van der Waals surface area contributed by atoms with Gasteiger partial charge in [0.2, 0.25) is 0 Å². The molecular weight excluding hydrogens is 324 g/mol. The van der Waals surface area contributed by atoms with Crippen LogP contribution in [0.4, 0.5) is 0 Å².